The number of hydrogen-bond donors (Lipinski definition) is 0. The molecule has 0 atom stereocenters. The molecule has 2 aromatic rings. The highest BCUT2D eigenvalue weighted by molar-refractivity contribution is 7.07. The lowest BCUT2D eigenvalue weighted by molar-refractivity contribution is 0.671. The van der Waals surface area contributed by atoms with Crippen molar-refractivity contribution in [1.82, 2.24) is 19.7 Å². The van der Waals surface area contributed by atoms with Crippen LogP contribution in [0.1, 0.15) is 11.5 Å². The van der Waals surface area contributed by atoms with Crippen molar-refractivity contribution in [3.63, 3.8) is 0 Å². The first-order valence-corrected chi connectivity index (χ1v) is 4.49. The topological polar surface area (TPSA) is 67.4 Å². The molecule has 0 bridgehead atoms. The zero-order valence-electron chi connectivity index (χ0n) is 6.58. The van der Waals surface area contributed by atoms with Gasteiger partial charge in [-0.25, -0.2) is 14.6 Å². The molecule has 0 amide bonds. The van der Waals surface area contributed by atoms with Crippen LogP contribution in [0.15, 0.2) is 17.2 Å². The van der Waals surface area contributed by atoms with E-state index in [9.17, 15) is 0 Å². The van der Waals surface area contributed by atoms with Crippen molar-refractivity contribution >= 4 is 11.3 Å². The molecule has 0 fully saturated rings. The molecular weight excluding hydrogens is 186 g/mol. The molecular formula is C7H5N5S. The van der Waals surface area contributed by atoms with E-state index in [1.54, 1.807) is 10.2 Å². The summed E-state index contributed by atoms with van der Waals surface area (Å²) in [7, 11) is 0. The van der Waals surface area contributed by atoms with Gasteiger partial charge in [-0.1, -0.05) is 0 Å². The Morgan fingerprint density at radius 1 is 1.54 bits per heavy atom. The van der Waals surface area contributed by atoms with Crippen LogP contribution in [0, 0.1) is 11.3 Å². The van der Waals surface area contributed by atoms with Gasteiger partial charge < -0.3 is 0 Å². The third-order valence-electron chi connectivity index (χ3n) is 1.44. The zero-order valence-corrected chi connectivity index (χ0v) is 7.40. The summed E-state index contributed by atoms with van der Waals surface area (Å²) in [4.78, 5) is 7.88. The van der Waals surface area contributed by atoms with Crippen LogP contribution in [0.25, 0.3) is 0 Å². The SMILES string of the molecule is N#Cc1ncn(Cc2cscn2)n1. The van der Waals surface area contributed by atoms with Gasteiger partial charge in [-0.3, -0.25) is 0 Å². The minimum atomic E-state index is 0.190. The molecule has 64 valence electrons. The lowest BCUT2D eigenvalue weighted by atomic mass is 10.5. The molecule has 0 aromatic carbocycles. The van der Waals surface area contributed by atoms with Crippen molar-refractivity contribution in [2.45, 2.75) is 6.54 Å². The van der Waals surface area contributed by atoms with Gasteiger partial charge in [0.15, 0.2) is 0 Å². The molecule has 2 heterocycles. The van der Waals surface area contributed by atoms with E-state index in [4.69, 9.17) is 5.26 Å². The van der Waals surface area contributed by atoms with Gasteiger partial charge in [0.05, 0.1) is 17.7 Å². The minimum absolute atomic E-state index is 0.190. The van der Waals surface area contributed by atoms with Gasteiger partial charge in [-0.05, 0) is 0 Å². The molecule has 0 spiro atoms. The lowest BCUT2D eigenvalue weighted by Gasteiger charge is -1.93. The van der Waals surface area contributed by atoms with E-state index < -0.39 is 0 Å². The highest BCUT2D eigenvalue weighted by atomic mass is 32.1. The zero-order chi connectivity index (χ0) is 9.10. The summed E-state index contributed by atoms with van der Waals surface area (Å²) in [5.41, 5.74) is 2.69. The van der Waals surface area contributed by atoms with Gasteiger partial charge in [0.1, 0.15) is 12.4 Å². The van der Waals surface area contributed by atoms with Gasteiger partial charge in [0, 0.05) is 5.38 Å². The summed E-state index contributed by atoms with van der Waals surface area (Å²) in [5.74, 6) is 0.190. The van der Waals surface area contributed by atoms with E-state index in [0.29, 0.717) is 6.54 Å². The third-order valence-corrected chi connectivity index (χ3v) is 2.08. The van der Waals surface area contributed by atoms with Gasteiger partial charge in [0.2, 0.25) is 0 Å². The molecule has 0 N–H and O–H groups in total. The fourth-order valence-corrected chi connectivity index (χ4v) is 1.45. The van der Waals surface area contributed by atoms with Crippen LogP contribution in [-0.2, 0) is 6.54 Å². The van der Waals surface area contributed by atoms with Crippen molar-refractivity contribution in [1.29, 1.82) is 5.26 Å². The van der Waals surface area contributed by atoms with Crippen LogP contribution in [0.5, 0.6) is 0 Å². The summed E-state index contributed by atoms with van der Waals surface area (Å²) < 4.78 is 1.59. The van der Waals surface area contributed by atoms with Crippen molar-refractivity contribution in [3.05, 3.63) is 28.7 Å². The van der Waals surface area contributed by atoms with E-state index in [0.717, 1.165) is 5.69 Å². The Labute approximate surface area is 78.3 Å². The van der Waals surface area contributed by atoms with Gasteiger partial charge in [0.25, 0.3) is 5.82 Å². The molecule has 5 nitrogen and oxygen atoms in total. The van der Waals surface area contributed by atoms with Crippen LogP contribution in [0.3, 0.4) is 0 Å². The fraction of sp³-hybridized carbons (Fsp3) is 0.143. The quantitative estimate of drug-likeness (QED) is 0.699. The van der Waals surface area contributed by atoms with Gasteiger partial charge in [-0.15, -0.1) is 16.4 Å². The molecule has 0 aliphatic heterocycles. The first-order valence-electron chi connectivity index (χ1n) is 3.55. The van der Waals surface area contributed by atoms with Gasteiger partial charge in [-0.2, -0.15) is 5.26 Å². The predicted molar refractivity (Wildman–Crippen MR) is 46.0 cm³/mol. The van der Waals surface area contributed by atoms with Crippen molar-refractivity contribution < 1.29 is 0 Å². The first kappa shape index (κ1) is 7.89. The molecule has 0 aliphatic rings. The Balaban J connectivity index is 2.15. The summed E-state index contributed by atoms with van der Waals surface area (Å²) >= 11 is 1.53. The molecule has 0 saturated heterocycles. The Bertz CT molecular complexity index is 424. The van der Waals surface area contributed by atoms with Gasteiger partial charge >= 0.3 is 0 Å². The molecule has 0 aliphatic carbocycles. The maximum absolute atomic E-state index is 8.48. The second-order valence-corrected chi connectivity index (χ2v) is 3.08. The van der Waals surface area contributed by atoms with Crippen LogP contribution in [0.2, 0.25) is 0 Å². The van der Waals surface area contributed by atoms with E-state index in [-0.39, 0.29) is 5.82 Å². The molecule has 6 heteroatoms. The van der Waals surface area contributed by atoms with Crippen LogP contribution in [-0.4, -0.2) is 19.7 Å². The molecule has 13 heavy (non-hydrogen) atoms. The highest BCUT2D eigenvalue weighted by Crippen LogP contribution is 2.02. The third kappa shape index (κ3) is 1.71. The van der Waals surface area contributed by atoms with E-state index in [1.807, 2.05) is 11.4 Å². The number of nitrogens with zero attached hydrogens (tertiary/aromatic N) is 5. The Morgan fingerprint density at radius 2 is 2.46 bits per heavy atom. The number of thiazole rings is 1. The monoisotopic (exact) mass is 191 g/mol. The largest absolute Gasteiger partial charge is 0.252 e. The molecule has 0 saturated carbocycles. The maximum Gasteiger partial charge on any atom is 0.252 e. The summed E-state index contributed by atoms with van der Waals surface area (Å²) in [5, 5.41) is 14.3. The number of nitriles is 1. The Kier molecular flexibility index (Phi) is 2.02. The first-order chi connectivity index (χ1) is 6.38. The van der Waals surface area contributed by atoms with Crippen molar-refractivity contribution in [2.24, 2.45) is 0 Å². The molecule has 2 rings (SSSR count). The average Bonchev–Trinajstić information content (AvgIpc) is 2.76. The van der Waals surface area contributed by atoms with Crippen LogP contribution < -0.4 is 0 Å². The Hall–Kier alpha value is -1.74. The van der Waals surface area contributed by atoms with Crippen LogP contribution >= 0.6 is 11.3 Å². The van der Waals surface area contributed by atoms with Crippen LogP contribution in [0.4, 0.5) is 0 Å². The number of rotatable bonds is 2. The summed E-state index contributed by atoms with van der Waals surface area (Å²) in [6.07, 6.45) is 1.53. The second kappa shape index (κ2) is 3.33. The fourth-order valence-electron chi connectivity index (χ4n) is 0.904. The maximum atomic E-state index is 8.48. The Morgan fingerprint density at radius 3 is 3.08 bits per heavy atom. The molecule has 0 unspecified atom stereocenters. The lowest BCUT2D eigenvalue weighted by Crippen LogP contribution is -2.00. The number of aromatic nitrogens is 4. The van der Waals surface area contributed by atoms with E-state index in [1.165, 1.54) is 17.7 Å². The second-order valence-electron chi connectivity index (χ2n) is 2.36. The molecule has 2 aromatic heterocycles. The van der Waals surface area contributed by atoms with E-state index in [2.05, 4.69) is 15.1 Å². The van der Waals surface area contributed by atoms with E-state index >= 15 is 0 Å². The summed E-state index contributed by atoms with van der Waals surface area (Å²) in [6.45, 7) is 0.568. The normalized spacial score (nSPS) is 9.77. The summed E-state index contributed by atoms with van der Waals surface area (Å²) in [6, 6.07) is 1.87. The van der Waals surface area contributed by atoms with Crippen molar-refractivity contribution in [2.75, 3.05) is 0 Å². The number of hydrogen-bond acceptors (Lipinski definition) is 5. The minimum Gasteiger partial charge on any atom is -0.248 e. The predicted octanol–water partition coefficient (Wildman–Crippen LogP) is 0.655. The smallest absolute Gasteiger partial charge is 0.248 e. The van der Waals surface area contributed by atoms with Crippen molar-refractivity contribution in [3.8, 4) is 6.07 Å². The average molecular weight is 191 g/mol. The highest BCUT2D eigenvalue weighted by Gasteiger charge is 2.00. The standard InChI is InChI=1S/C7H5N5S/c8-1-7-9-4-12(11-7)2-6-3-13-5-10-6/h3-5H,2H2. The molecule has 0 radical (unpaired) electrons.